The van der Waals surface area contributed by atoms with E-state index in [1.165, 1.54) is 4.68 Å². The SMILES string of the molecule is Cc1c(Cl)c(C(F)F)nn1CC(=O)NC1CCCC1. The molecule has 7 heteroatoms. The Hall–Kier alpha value is -1.17. The highest BCUT2D eigenvalue weighted by molar-refractivity contribution is 6.31. The topological polar surface area (TPSA) is 46.9 Å². The molecule has 0 saturated heterocycles. The third kappa shape index (κ3) is 3.23. The zero-order valence-electron chi connectivity index (χ0n) is 10.6. The maximum absolute atomic E-state index is 12.6. The third-order valence-electron chi connectivity index (χ3n) is 3.38. The van der Waals surface area contributed by atoms with Crippen molar-refractivity contribution < 1.29 is 13.6 Å². The van der Waals surface area contributed by atoms with Crippen molar-refractivity contribution in [3.05, 3.63) is 16.4 Å². The van der Waals surface area contributed by atoms with Gasteiger partial charge in [-0.05, 0) is 19.8 Å². The van der Waals surface area contributed by atoms with E-state index in [9.17, 15) is 13.6 Å². The van der Waals surface area contributed by atoms with Crippen LogP contribution in [0, 0.1) is 6.92 Å². The molecule has 0 spiro atoms. The van der Waals surface area contributed by atoms with Crippen molar-refractivity contribution in [3.8, 4) is 0 Å². The Morgan fingerprint density at radius 3 is 2.68 bits per heavy atom. The third-order valence-corrected chi connectivity index (χ3v) is 3.85. The van der Waals surface area contributed by atoms with Crippen molar-refractivity contribution in [1.82, 2.24) is 15.1 Å². The Bertz CT molecular complexity index is 470. The highest BCUT2D eigenvalue weighted by Crippen LogP contribution is 2.28. The van der Waals surface area contributed by atoms with Crippen LogP contribution in [0.25, 0.3) is 0 Å². The van der Waals surface area contributed by atoms with E-state index in [4.69, 9.17) is 11.6 Å². The van der Waals surface area contributed by atoms with Gasteiger partial charge in [-0.3, -0.25) is 9.48 Å². The van der Waals surface area contributed by atoms with E-state index in [2.05, 4.69) is 10.4 Å². The van der Waals surface area contributed by atoms with Crippen LogP contribution < -0.4 is 5.32 Å². The van der Waals surface area contributed by atoms with E-state index in [1.807, 2.05) is 0 Å². The summed E-state index contributed by atoms with van der Waals surface area (Å²) in [6, 6.07) is 0.202. The Morgan fingerprint density at radius 1 is 1.53 bits per heavy atom. The van der Waals surface area contributed by atoms with Crippen molar-refractivity contribution in [1.29, 1.82) is 0 Å². The van der Waals surface area contributed by atoms with Gasteiger partial charge in [0.15, 0.2) is 0 Å². The van der Waals surface area contributed by atoms with Gasteiger partial charge in [0.05, 0.1) is 10.7 Å². The molecule has 0 aromatic carbocycles. The molecule has 1 aliphatic rings. The van der Waals surface area contributed by atoms with Gasteiger partial charge in [0.25, 0.3) is 6.43 Å². The van der Waals surface area contributed by atoms with E-state index in [0.717, 1.165) is 25.7 Å². The summed E-state index contributed by atoms with van der Waals surface area (Å²) in [4.78, 5) is 11.8. The van der Waals surface area contributed by atoms with E-state index >= 15 is 0 Å². The smallest absolute Gasteiger partial charge is 0.283 e. The summed E-state index contributed by atoms with van der Waals surface area (Å²) in [5.41, 5.74) is -0.0774. The van der Waals surface area contributed by atoms with Gasteiger partial charge in [-0.1, -0.05) is 24.4 Å². The number of rotatable bonds is 4. The molecule has 1 aliphatic carbocycles. The second-order valence-electron chi connectivity index (χ2n) is 4.79. The zero-order valence-corrected chi connectivity index (χ0v) is 11.4. The standard InChI is InChI=1S/C12H16ClF2N3O/c1-7-10(13)11(12(14)15)17-18(7)6-9(19)16-8-4-2-3-5-8/h8,12H,2-6H2,1H3,(H,16,19). The Morgan fingerprint density at radius 2 is 2.16 bits per heavy atom. The molecule has 1 amide bonds. The number of nitrogens with one attached hydrogen (secondary N) is 1. The summed E-state index contributed by atoms with van der Waals surface area (Å²) in [6.45, 7) is 1.50. The number of alkyl halides is 2. The fourth-order valence-electron chi connectivity index (χ4n) is 2.32. The molecule has 0 unspecified atom stereocenters. The lowest BCUT2D eigenvalue weighted by Gasteiger charge is -2.12. The van der Waals surface area contributed by atoms with E-state index in [-0.39, 0.29) is 23.5 Å². The summed E-state index contributed by atoms with van der Waals surface area (Å²) >= 11 is 5.77. The van der Waals surface area contributed by atoms with Gasteiger partial charge in [0.2, 0.25) is 5.91 Å². The highest BCUT2D eigenvalue weighted by Gasteiger charge is 2.22. The number of carbonyl (C=O) groups excluding carboxylic acids is 1. The van der Waals surface area contributed by atoms with Gasteiger partial charge in [-0.25, -0.2) is 8.78 Å². The molecule has 1 aromatic heterocycles. The molecule has 0 bridgehead atoms. The molecule has 0 aliphatic heterocycles. The Labute approximate surface area is 115 Å². The molecule has 0 radical (unpaired) electrons. The van der Waals surface area contributed by atoms with Crippen molar-refractivity contribution >= 4 is 17.5 Å². The summed E-state index contributed by atoms with van der Waals surface area (Å²) in [5, 5.41) is 6.51. The van der Waals surface area contributed by atoms with Gasteiger partial charge < -0.3 is 5.32 Å². The van der Waals surface area contributed by atoms with Crippen LogP contribution in [0.3, 0.4) is 0 Å². The number of aromatic nitrogens is 2. The second kappa shape index (κ2) is 5.86. The van der Waals surface area contributed by atoms with Crippen molar-refractivity contribution in [2.45, 2.75) is 51.6 Å². The molecule has 1 fully saturated rings. The van der Waals surface area contributed by atoms with Crippen molar-refractivity contribution in [2.75, 3.05) is 0 Å². The maximum Gasteiger partial charge on any atom is 0.283 e. The van der Waals surface area contributed by atoms with Gasteiger partial charge in [0, 0.05) is 6.04 Å². The van der Waals surface area contributed by atoms with Gasteiger partial charge in [-0.2, -0.15) is 5.10 Å². The molecule has 2 rings (SSSR count). The second-order valence-corrected chi connectivity index (χ2v) is 5.17. The van der Waals surface area contributed by atoms with Crippen LogP contribution >= 0.6 is 11.6 Å². The molecule has 19 heavy (non-hydrogen) atoms. The van der Waals surface area contributed by atoms with Crippen molar-refractivity contribution in [3.63, 3.8) is 0 Å². The summed E-state index contributed by atoms with van der Waals surface area (Å²) in [6.07, 6.45) is 1.46. The molecule has 1 saturated carbocycles. The fraction of sp³-hybridized carbons (Fsp3) is 0.667. The molecule has 4 nitrogen and oxygen atoms in total. The Kier molecular flexibility index (Phi) is 4.39. The minimum absolute atomic E-state index is 0.0660. The van der Waals surface area contributed by atoms with Crippen molar-refractivity contribution in [2.24, 2.45) is 0 Å². The van der Waals surface area contributed by atoms with Crippen LogP contribution in [0.15, 0.2) is 0 Å². The highest BCUT2D eigenvalue weighted by atomic mass is 35.5. The van der Waals surface area contributed by atoms with Crippen LogP contribution in [-0.2, 0) is 11.3 Å². The predicted molar refractivity (Wildman–Crippen MR) is 67.3 cm³/mol. The first kappa shape index (κ1) is 14.2. The van der Waals surface area contributed by atoms with Gasteiger partial charge in [0.1, 0.15) is 12.2 Å². The van der Waals surface area contributed by atoms with E-state index in [0.29, 0.717) is 5.69 Å². The predicted octanol–water partition coefficient (Wildman–Crippen LogP) is 2.84. The normalized spacial score (nSPS) is 16.3. The van der Waals surface area contributed by atoms with E-state index < -0.39 is 12.1 Å². The Balaban J connectivity index is 2.02. The van der Waals surface area contributed by atoms with Crippen LogP contribution in [-0.4, -0.2) is 21.7 Å². The zero-order chi connectivity index (χ0) is 14.0. The largest absolute Gasteiger partial charge is 0.352 e. The number of halogens is 3. The van der Waals surface area contributed by atoms with Crippen LogP contribution in [0.1, 0.15) is 43.5 Å². The molecular weight excluding hydrogens is 276 g/mol. The summed E-state index contributed by atoms with van der Waals surface area (Å²) < 4.78 is 26.5. The first-order chi connectivity index (χ1) is 8.99. The molecule has 0 atom stereocenters. The molecule has 1 aromatic rings. The summed E-state index contributed by atoms with van der Waals surface area (Å²) in [7, 11) is 0. The van der Waals surface area contributed by atoms with Gasteiger partial charge in [-0.15, -0.1) is 0 Å². The number of nitrogens with zero attached hydrogens (tertiary/aromatic N) is 2. The van der Waals surface area contributed by atoms with Gasteiger partial charge >= 0.3 is 0 Å². The number of amides is 1. The van der Waals surface area contributed by atoms with Crippen LogP contribution in [0.4, 0.5) is 8.78 Å². The summed E-state index contributed by atoms with van der Waals surface area (Å²) in [5.74, 6) is -0.213. The first-order valence-electron chi connectivity index (χ1n) is 6.29. The molecule has 1 heterocycles. The first-order valence-corrected chi connectivity index (χ1v) is 6.67. The van der Waals surface area contributed by atoms with Crippen LogP contribution in [0.5, 0.6) is 0 Å². The minimum atomic E-state index is -2.73. The lowest BCUT2D eigenvalue weighted by molar-refractivity contribution is -0.122. The monoisotopic (exact) mass is 291 g/mol. The average Bonchev–Trinajstić information content (AvgIpc) is 2.92. The molecular formula is C12H16ClF2N3O. The maximum atomic E-state index is 12.6. The van der Waals surface area contributed by atoms with E-state index in [1.54, 1.807) is 6.92 Å². The average molecular weight is 292 g/mol. The molecule has 1 N–H and O–H groups in total. The quantitative estimate of drug-likeness (QED) is 0.927. The number of carbonyl (C=O) groups is 1. The van der Waals surface area contributed by atoms with Crippen LogP contribution in [0.2, 0.25) is 5.02 Å². The lowest BCUT2D eigenvalue weighted by atomic mass is 10.2. The number of hydrogen-bond acceptors (Lipinski definition) is 2. The molecule has 106 valence electrons. The fourth-order valence-corrected chi connectivity index (χ4v) is 2.54. The lowest BCUT2D eigenvalue weighted by Crippen LogP contribution is -2.35. The minimum Gasteiger partial charge on any atom is -0.352 e. The number of hydrogen-bond donors (Lipinski definition) is 1.